The van der Waals surface area contributed by atoms with Crippen molar-refractivity contribution in [3.8, 4) is 67.9 Å². The highest BCUT2D eigenvalue weighted by Crippen LogP contribution is 2.43. The first-order valence-electron chi connectivity index (χ1n) is 20.0. The lowest BCUT2D eigenvalue weighted by Gasteiger charge is -2.12. The van der Waals surface area contributed by atoms with E-state index in [4.69, 9.17) is 28.8 Å². The molecule has 3 heterocycles. The van der Waals surface area contributed by atoms with E-state index in [1.54, 1.807) is 0 Å². The third-order valence-corrected chi connectivity index (χ3v) is 11.3. The molecule has 0 fully saturated rings. The van der Waals surface area contributed by atoms with Gasteiger partial charge in [0.2, 0.25) is 5.89 Å². The minimum atomic E-state index is 0.549. The van der Waals surface area contributed by atoms with Crippen molar-refractivity contribution in [2.45, 2.75) is 0 Å². The van der Waals surface area contributed by atoms with Gasteiger partial charge in [-0.25, -0.2) is 19.9 Å². The zero-order valence-electron chi connectivity index (χ0n) is 32.1. The first-order chi connectivity index (χ1) is 29.7. The van der Waals surface area contributed by atoms with Crippen LogP contribution in [0.25, 0.3) is 122 Å². The number of aromatic nitrogens is 4. The predicted molar refractivity (Wildman–Crippen MR) is 242 cm³/mol. The van der Waals surface area contributed by atoms with Gasteiger partial charge in [-0.2, -0.15) is 0 Å². The molecule has 0 saturated carbocycles. The van der Waals surface area contributed by atoms with E-state index in [0.717, 1.165) is 77.2 Å². The van der Waals surface area contributed by atoms with Crippen LogP contribution in [0, 0.1) is 0 Å². The molecule has 60 heavy (non-hydrogen) atoms. The largest absolute Gasteiger partial charge is 0.456 e. The monoisotopic (exact) mass is 768 g/mol. The Morgan fingerprint density at radius 3 is 1.62 bits per heavy atom. The van der Waals surface area contributed by atoms with Crippen LogP contribution in [-0.4, -0.2) is 19.9 Å². The van der Waals surface area contributed by atoms with E-state index in [0.29, 0.717) is 34.5 Å². The molecule has 9 aromatic carbocycles. The van der Waals surface area contributed by atoms with Gasteiger partial charge in [0.15, 0.2) is 23.1 Å². The molecule has 0 amide bonds. The van der Waals surface area contributed by atoms with Crippen LogP contribution in [0.5, 0.6) is 0 Å². The molecule has 0 aliphatic rings. The Kier molecular flexibility index (Phi) is 7.74. The summed E-state index contributed by atoms with van der Waals surface area (Å²) in [5.74, 6) is 2.28. The summed E-state index contributed by atoms with van der Waals surface area (Å²) in [5, 5.41) is 6.28. The van der Waals surface area contributed by atoms with Gasteiger partial charge in [0.05, 0.1) is 5.39 Å². The Balaban J connectivity index is 1.07. The van der Waals surface area contributed by atoms with Crippen LogP contribution >= 0.6 is 0 Å². The number of oxazole rings is 1. The van der Waals surface area contributed by atoms with Crippen LogP contribution in [0.15, 0.2) is 203 Å². The summed E-state index contributed by atoms with van der Waals surface area (Å²) in [7, 11) is 0. The fourth-order valence-corrected chi connectivity index (χ4v) is 8.43. The fourth-order valence-electron chi connectivity index (χ4n) is 8.43. The maximum absolute atomic E-state index is 6.68. The number of nitrogens with zero attached hydrogens (tertiary/aromatic N) is 4. The molecule has 0 spiro atoms. The number of hydrogen-bond donors (Lipinski definition) is 0. The number of rotatable bonds is 6. The Hall–Kier alpha value is -8.22. The number of benzene rings is 9. The van der Waals surface area contributed by atoms with Gasteiger partial charge >= 0.3 is 0 Å². The van der Waals surface area contributed by atoms with Crippen LogP contribution in [0.3, 0.4) is 0 Å². The quantitative estimate of drug-likeness (QED) is 0.168. The van der Waals surface area contributed by atoms with E-state index in [9.17, 15) is 0 Å². The molecule has 0 unspecified atom stereocenters. The van der Waals surface area contributed by atoms with Crippen LogP contribution < -0.4 is 0 Å². The van der Waals surface area contributed by atoms with Crippen molar-refractivity contribution < 1.29 is 8.83 Å². The smallest absolute Gasteiger partial charge is 0.227 e. The summed E-state index contributed by atoms with van der Waals surface area (Å²) in [5.41, 5.74) is 10.9. The van der Waals surface area contributed by atoms with Gasteiger partial charge in [0, 0.05) is 27.6 Å². The molecule has 280 valence electrons. The van der Waals surface area contributed by atoms with Gasteiger partial charge in [-0.3, -0.25) is 0 Å². The van der Waals surface area contributed by atoms with Crippen LogP contribution in [0.1, 0.15) is 0 Å². The minimum absolute atomic E-state index is 0.549. The number of fused-ring (bicyclic) bond motifs is 8. The second-order valence-corrected chi connectivity index (χ2v) is 15.0. The Labute approximate surface area is 344 Å². The van der Waals surface area contributed by atoms with Crippen molar-refractivity contribution in [1.82, 2.24) is 19.9 Å². The maximum atomic E-state index is 6.68. The zero-order valence-corrected chi connectivity index (χ0v) is 32.1. The van der Waals surface area contributed by atoms with Gasteiger partial charge in [-0.1, -0.05) is 146 Å². The van der Waals surface area contributed by atoms with E-state index in [-0.39, 0.29) is 0 Å². The van der Waals surface area contributed by atoms with Gasteiger partial charge in [-0.05, 0) is 92.3 Å². The molecule has 6 heteroatoms. The molecule has 0 bridgehead atoms. The standard InChI is InChI=1S/C54H32N4O2/c1-3-13-33(14-4-1)37-19-11-21-40(30-37)51-56-52(41-22-12-20-38(31-41)39-26-25-34-15-7-8-18-36(34)29-39)58-53(57-51)44-32-47-48(43-24-10-9-23-42(43)44)49-45(59-47)27-28-46-50(49)55-54(60-46)35-16-5-2-6-17-35/h1-32H. The second kappa shape index (κ2) is 13.7. The van der Waals surface area contributed by atoms with E-state index < -0.39 is 0 Å². The topological polar surface area (TPSA) is 77.8 Å². The first kappa shape index (κ1) is 33.9. The van der Waals surface area contributed by atoms with E-state index >= 15 is 0 Å². The Bertz CT molecular complexity index is 3610. The third kappa shape index (κ3) is 5.73. The van der Waals surface area contributed by atoms with Crippen molar-refractivity contribution in [3.63, 3.8) is 0 Å². The fraction of sp³-hybridized carbons (Fsp3) is 0. The van der Waals surface area contributed by atoms with Crippen molar-refractivity contribution >= 4 is 54.6 Å². The summed E-state index contributed by atoms with van der Waals surface area (Å²) >= 11 is 0. The summed E-state index contributed by atoms with van der Waals surface area (Å²) in [4.78, 5) is 20.7. The lowest BCUT2D eigenvalue weighted by molar-refractivity contribution is 0.619. The van der Waals surface area contributed by atoms with Gasteiger partial charge in [0.1, 0.15) is 16.7 Å². The van der Waals surface area contributed by atoms with Crippen molar-refractivity contribution in [1.29, 1.82) is 0 Å². The molecule has 12 aromatic rings. The van der Waals surface area contributed by atoms with Crippen LogP contribution in [-0.2, 0) is 0 Å². The molecule has 0 aliphatic carbocycles. The lowest BCUT2D eigenvalue weighted by atomic mass is 9.98. The highest BCUT2D eigenvalue weighted by Gasteiger charge is 2.22. The highest BCUT2D eigenvalue weighted by atomic mass is 16.4. The zero-order chi connectivity index (χ0) is 39.6. The van der Waals surface area contributed by atoms with E-state index in [1.807, 2.05) is 48.5 Å². The van der Waals surface area contributed by atoms with Crippen molar-refractivity contribution in [2.75, 3.05) is 0 Å². The lowest BCUT2D eigenvalue weighted by Crippen LogP contribution is -2.01. The average Bonchev–Trinajstić information content (AvgIpc) is 3.94. The normalized spacial score (nSPS) is 11.7. The molecule has 0 aliphatic heterocycles. The van der Waals surface area contributed by atoms with Gasteiger partial charge < -0.3 is 8.83 Å². The second-order valence-electron chi connectivity index (χ2n) is 15.0. The van der Waals surface area contributed by atoms with Gasteiger partial charge in [0.25, 0.3) is 0 Å². The molecule has 3 aromatic heterocycles. The van der Waals surface area contributed by atoms with Crippen molar-refractivity contribution in [2.24, 2.45) is 0 Å². The number of hydrogen-bond acceptors (Lipinski definition) is 6. The van der Waals surface area contributed by atoms with Crippen molar-refractivity contribution in [3.05, 3.63) is 194 Å². The summed E-state index contributed by atoms with van der Waals surface area (Å²) in [6.45, 7) is 0. The summed E-state index contributed by atoms with van der Waals surface area (Å²) in [6.07, 6.45) is 0. The highest BCUT2D eigenvalue weighted by molar-refractivity contribution is 6.27. The third-order valence-electron chi connectivity index (χ3n) is 11.3. The molecule has 12 rings (SSSR count). The summed E-state index contributed by atoms with van der Waals surface area (Å²) in [6, 6.07) is 66.5. The molecule has 0 atom stereocenters. The van der Waals surface area contributed by atoms with E-state index in [1.165, 1.54) is 10.8 Å². The molecular formula is C54H32N4O2. The van der Waals surface area contributed by atoms with Gasteiger partial charge in [-0.15, -0.1) is 0 Å². The van der Waals surface area contributed by atoms with E-state index in [2.05, 4.69) is 146 Å². The van der Waals surface area contributed by atoms with Crippen LogP contribution in [0.4, 0.5) is 0 Å². The Morgan fingerprint density at radius 1 is 0.300 bits per heavy atom. The minimum Gasteiger partial charge on any atom is -0.456 e. The SMILES string of the molecule is c1ccc(-c2cccc(-c3nc(-c4cccc(-c5ccc6ccccc6c5)c4)nc(-c4cc5oc6ccc7oc(-c8ccccc8)nc7c6c5c5ccccc45)n3)c2)cc1. The molecule has 0 N–H and O–H groups in total. The molecular weight excluding hydrogens is 737 g/mol. The molecule has 6 nitrogen and oxygen atoms in total. The predicted octanol–water partition coefficient (Wildman–Crippen LogP) is 14.2. The first-order valence-corrected chi connectivity index (χ1v) is 20.0. The number of furan rings is 1. The van der Waals surface area contributed by atoms with Crippen LogP contribution in [0.2, 0.25) is 0 Å². The molecule has 0 saturated heterocycles. The Morgan fingerprint density at radius 2 is 0.867 bits per heavy atom. The summed E-state index contributed by atoms with van der Waals surface area (Å²) < 4.78 is 13.0. The molecule has 0 radical (unpaired) electrons. The maximum Gasteiger partial charge on any atom is 0.227 e. The average molecular weight is 769 g/mol.